The van der Waals surface area contributed by atoms with Crippen LogP contribution in [-0.4, -0.2) is 0 Å². The van der Waals surface area contributed by atoms with E-state index in [1.165, 1.54) is 11.1 Å². The van der Waals surface area contributed by atoms with Crippen molar-refractivity contribution in [3.63, 3.8) is 0 Å². The number of halogens is 1. The third-order valence-corrected chi connectivity index (χ3v) is 3.65. The number of nitrogens with one attached hydrogen (secondary N) is 1. The van der Waals surface area contributed by atoms with E-state index >= 15 is 0 Å². The molecule has 0 radical (unpaired) electrons. The van der Waals surface area contributed by atoms with E-state index in [1.54, 1.807) is 0 Å². The van der Waals surface area contributed by atoms with Crippen molar-refractivity contribution in [3.8, 4) is 6.07 Å². The summed E-state index contributed by atoms with van der Waals surface area (Å²) in [5.41, 5.74) is 5.24. The molecule has 0 heterocycles. The van der Waals surface area contributed by atoms with Crippen LogP contribution >= 0.6 is 15.9 Å². The van der Waals surface area contributed by atoms with Crippen LogP contribution in [0.2, 0.25) is 0 Å². The second-order valence-corrected chi connectivity index (χ2v) is 5.42. The van der Waals surface area contributed by atoms with Gasteiger partial charge in [0.15, 0.2) is 0 Å². The molecule has 2 rings (SSSR count). The van der Waals surface area contributed by atoms with Crippen molar-refractivity contribution in [1.82, 2.24) is 0 Å². The molecule has 0 aliphatic carbocycles. The number of nitrogens with zero attached hydrogens (tertiary/aromatic N) is 1. The second kappa shape index (κ2) is 5.90. The highest BCUT2D eigenvalue weighted by molar-refractivity contribution is 9.10. The Morgan fingerprint density at radius 1 is 1.21 bits per heavy atom. The third-order valence-electron chi connectivity index (χ3n) is 3.03. The number of rotatable bonds is 3. The van der Waals surface area contributed by atoms with Crippen molar-refractivity contribution in [2.75, 3.05) is 5.32 Å². The van der Waals surface area contributed by atoms with Gasteiger partial charge in [-0.2, -0.15) is 5.26 Å². The number of benzene rings is 2. The number of nitriles is 1. The molecule has 96 valence electrons. The van der Waals surface area contributed by atoms with Crippen molar-refractivity contribution >= 4 is 21.6 Å². The molecule has 0 aliphatic heterocycles. The van der Waals surface area contributed by atoms with E-state index in [1.807, 2.05) is 24.3 Å². The van der Waals surface area contributed by atoms with Crippen molar-refractivity contribution in [1.29, 1.82) is 5.26 Å². The molecule has 2 aromatic carbocycles. The summed E-state index contributed by atoms with van der Waals surface area (Å²) in [6, 6.07) is 14.1. The average Bonchev–Trinajstić information content (AvgIpc) is 2.38. The van der Waals surface area contributed by atoms with Crippen LogP contribution in [0.1, 0.15) is 22.3 Å². The third kappa shape index (κ3) is 3.15. The molecule has 0 saturated carbocycles. The van der Waals surface area contributed by atoms with Crippen molar-refractivity contribution in [2.24, 2.45) is 0 Å². The zero-order valence-electron chi connectivity index (χ0n) is 11.0. The zero-order valence-corrected chi connectivity index (χ0v) is 12.6. The van der Waals surface area contributed by atoms with Gasteiger partial charge in [-0.3, -0.25) is 0 Å². The molecule has 2 aromatic rings. The Labute approximate surface area is 122 Å². The van der Waals surface area contributed by atoms with E-state index in [0.717, 1.165) is 21.3 Å². The highest BCUT2D eigenvalue weighted by atomic mass is 79.9. The summed E-state index contributed by atoms with van der Waals surface area (Å²) in [5, 5.41) is 12.5. The van der Waals surface area contributed by atoms with Gasteiger partial charge in [0, 0.05) is 11.0 Å². The first-order valence-electron chi connectivity index (χ1n) is 6.10. The molecule has 0 fully saturated rings. The summed E-state index contributed by atoms with van der Waals surface area (Å²) >= 11 is 3.58. The smallest absolute Gasteiger partial charge is 0.0995 e. The van der Waals surface area contributed by atoms with Crippen LogP contribution in [-0.2, 0) is 6.54 Å². The van der Waals surface area contributed by atoms with Crippen molar-refractivity contribution < 1.29 is 0 Å². The summed E-state index contributed by atoms with van der Waals surface area (Å²) in [7, 11) is 0. The molecule has 19 heavy (non-hydrogen) atoms. The number of hydrogen-bond acceptors (Lipinski definition) is 2. The Kier molecular flexibility index (Phi) is 4.24. The van der Waals surface area contributed by atoms with Gasteiger partial charge in [0.1, 0.15) is 0 Å². The van der Waals surface area contributed by atoms with Gasteiger partial charge in [0.2, 0.25) is 0 Å². The summed E-state index contributed by atoms with van der Waals surface area (Å²) in [6.07, 6.45) is 0. The van der Waals surface area contributed by atoms with E-state index in [4.69, 9.17) is 5.26 Å². The van der Waals surface area contributed by atoms with Crippen LogP contribution < -0.4 is 5.32 Å². The zero-order chi connectivity index (χ0) is 13.8. The monoisotopic (exact) mass is 314 g/mol. The minimum Gasteiger partial charge on any atom is -0.380 e. The van der Waals surface area contributed by atoms with Crippen LogP contribution in [0.3, 0.4) is 0 Å². The fourth-order valence-electron chi connectivity index (χ4n) is 2.11. The van der Waals surface area contributed by atoms with Crippen LogP contribution in [0.25, 0.3) is 0 Å². The predicted octanol–water partition coefficient (Wildman–Crippen LogP) is 4.55. The standard InChI is InChI=1S/C16H15BrN2/c1-11-7-12(2)16(15(17)8-11)19-10-14-6-4-3-5-13(14)9-18/h3-8,19H,10H2,1-2H3. The van der Waals surface area contributed by atoms with Gasteiger partial charge in [0.25, 0.3) is 0 Å². The largest absolute Gasteiger partial charge is 0.380 e. The highest BCUT2D eigenvalue weighted by Gasteiger charge is 2.06. The molecule has 0 saturated heterocycles. The molecule has 1 N–H and O–H groups in total. The van der Waals surface area contributed by atoms with Crippen molar-refractivity contribution in [3.05, 3.63) is 63.1 Å². The topological polar surface area (TPSA) is 35.8 Å². The van der Waals surface area contributed by atoms with Gasteiger partial charge in [0.05, 0.1) is 17.3 Å². The lowest BCUT2D eigenvalue weighted by molar-refractivity contribution is 1.12. The summed E-state index contributed by atoms with van der Waals surface area (Å²) in [6.45, 7) is 4.80. The van der Waals surface area contributed by atoms with Crippen LogP contribution in [0, 0.1) is 25.2 Å². The summed E-state index contributed by atoms with van der Waals surface area (Å²) in [5.74, 6) is 0. The minimum atomic E-state index is 0.645. The van der Waals surface area contributed by atoms with Gasteiger partial charge >= 0.3 is 0 Å². The van der Waals surface area contributed by atoms with Crippen LogP contribution in [0.4, 0.5) is 5.69 Å². The van der Waals surface area contributed by atoms with Gasteiger partial charge < -0.3 is 5.32 Å². The number of aryl methyl sites for hydroxylation is 2. The molecule has 0 aliphatic rings. The Balaban J connectivity index is 2.22. The minimum absolute atomic E-state index is 0.645. The average molecular weight is 315 g/mol. The van der Waals surface area contributed by atoms with Crippen molar-refractivity contribution in [2.45, 2.75) is 20.4 Å². The highest BCUT2D eigenvalue weighted by Crippen LogP contribution is 2.28. The fourth-order valence-corrected chi connectivity index (χ4v) is 2.92. The molecule has 3 heteroatoms. The first-order chi connectivity index (χ1) is 9.11. The lowest BCUT2D eigenvalue weighted by Gasteiger charge is -2.13. The fraction of sp³-hybridized carbons (Fsp3) is 0.188. The molecular weight excluding hydrogens is 300 g/mol. The first-order valence-corrected chi connectivity index (χ1v) is 6.89. The maximum absolute atomic E-state index is 9.07. The van der Waals surface area contributed by atoms with Crippen LogP contribution in [0.5, 0.6) is 0 Å². The van der Waals surface area contributed by atoms with E-state index in [9.17, 15) is 0 Å². The predicted molar refractivity (Wildman–Crippen MR) is 82.1 cm³/mol. The Morgan fingerprint density at radius 2 is 1.95 bits per heavy atom. The molecule has 0 unspecified atom stereocenters. The molecule has 0 spiro atoms. The quantitative estimate of drug-likeness (QED) is 0.902. The molecule has 0 aromatic heterocycles. The van der Waals surface area contributed by atoms with E-state index in [2.05, 4.69) is 53.3 Å². The number of anilines is 1. The molecule has 0 atom stereocenters. The second-order valence-electron chi connectivity index (χ2n) is 4.56. The van der Waals surface area contributed by atoms with Gasteiger partial charge in [-0.25, -0.2) is 0 Å². The van der Waals surface area contributed by atoms with Gasteiger partial charge in [-0.05, 0) is 58.6 Å². The first kappa shape index (κ1) is 13.6. The Morgan fingerprint density at radius 3 is 2.63 bits per heavy atom. The van der Waals surface area contributed by atoms with Crippen LogP contribution in [0.15, 0.2) is 40.9 Å². The molecule has 2 nitrogen and oxygen atoms in total. The summed E-state index contributed by atoms with van der Waals surface area (Å²) < 4.78 is 1.06. The SMILES string of the molecule is Cc1cc(C)c(NCc2ccccc2C#N)c(Br)c1. The van der Waals surface area contributed by atoms with E-state index < -0.39 is 0 Å². The lowest BCUT2D eigenvalue weighted by atomic mass is 10.1. The Hall–Kier alpha value is -1.79. The molecular formula is C16H15BrN2. The lowest BCUT2D eigenvalue weighted by Crippen LogP contribution is -2.03. The normalized spacial score (nSPS) is 10.0. The molecule has 0 bridgehead atoms. The maximum atomic E-state index is 9.07. The van der Waals surface area contributed by atoms with Gasteiger partial charge in [-0.15, -0.1) is 0 Å². The Bertz CT molecular complexity index is 618. The molecule has 0 amide bonds. The summed E-state index contributed by atoms with van der Waals surface area (Å²) in [4.78, 5) is 0. The number of hydrogen-bond donors (Lipinski definition) is 1. The maximum Gasteiger partial charge on any atom is 0.0995 e. The van der Waals surface area contributed by atoms with Gasteiger partial charge in [-0.1, -0.05) is 24.3 Å². The van der Waals surface area contributed by atoms with E-state index in [0.29, 0.717) is 6.54 Å². The van der Waals surface area contributed by atoms with E-state index in [-0.39, 0.29) is 0 Å².